The first-order chi connectivity index (χ1) is 10.2. The van der Waals surface area contributed by atoms with Crippen LogP contribution in [0.25, 0.3) is 0 Å². The number of carbonyl (C=O) groups excluding carboxylic acids is 1. The van der Waals surface area contributed by atoms with Gasteiger partial charge in [-0.3, -0.25) is 9.69 Å². The van der Waals surface area contributed by atoms with Crippen molar-refractivity contribution >= 4 is 17.5 Å². The van der Waals surface area contributed by atoms with Gasteiger partial charge in [0.1, 0.15) is 0 Å². The molecule has 1 aliphatic heterocycles. The van der Waals surface area contributed by atoms with Crippen LogP contribution in [0.5, 0.6) is 0 Å². The summed E-state index contributed by atoms with van der Waals surface area (Å²) in [5, 5.41) is 3.69. The highest BCUT2D eigenvalue weighted by atomic mass is 35.5. The highest BCUT2D eigenvalue weighted by Crippen LogP contribution is 2.29. The van der Waals surface area contributed by atoms with E-state index < -0.39 is 0 Å². The summed E-state index contributed by atoms with van der Waals surface area (Å²) in [5.74, 6) is 0.0810. The van der Waals surface area contributed by atoms with Crippen molar-refractivity contribution in [3.63, 3.8) is 0 Å². The van der Waals surface area contributed by atoms with E-state index in [1.807, 2.05) is 24.3 Å². The summed E-state index contributed by atoms with van der Waals surface area (Å²) in [7, 11) is 0. The number of morpholine rings is 1. The molecule has 5 heteroatoms. The predicted octanol–water partition coefficient (Wildman–Crippen LogP) is 2.21. The van der Waals surface area contributed by atoms with E-state index >= 15 is 0 Å². The molecule has 21 heavy (non-hydrogen) atoms. The monoisotopic (exact) mass is 308 g/mol. The Hall–Kier alpha value is -1.10. The average Bonchev–Trinajstić information content (AvgIpc) is 2.96. The Morgan fingerprint density at radius 2 is 2.14 bits per heavy atom. The molecule has 0 bridgehead atoms. The van der Waals surface area contributed by atoms with Crippen LogP contribution in [0.4, 0.5) is 0 Å². The van der Waals surface area contributed by atoms with Crippen molar-refractivity contribution in [1.82, 2.24) is 10.2 Å². The highest BCUT2D eigenvalue weighted by molar-refractivity contribution is 6.30. The lowest BCUT2D eigenvalue weighted by atomic mass is 10.1. The Bertz CT molecular complexity index is 492. The number of benzene rings is 1. The second-order valence-corrected chi connectivity index (χ2v) is 6.22. The van der Waals surface area contributed by atoms with Gasteiger partial charge in [-0.25, -0.2) is 0 Å². The second kappa shape index (κ2) is 6.77. The zero-order valence-corrected chi connectivity index (χ0v) is 12.8. The quantitative estimate of drug-likeness (QED) is 0.927. The molecule has 2 unspecified atom stereocenters. The first kappa shape index (κ1) is 14.8. The van der Waals surface area contributed by atoms with Crippen LogP contribution in [0.1, 0.15) is 24.8 Å². The Morgan fingerprint density at radius 1 is 1.33 bits per heavy atom. The smallest absolute Gasteiger partial charge is 0.234 e. The molecule has 1 N–H and O–H groups in total. The van der Waals surface area contributed by atoms with Gasteiger partial charge in [0.25, 0.3) is 0 Å². The number of hydrogen-bond donors (Lipinski definition) is 1. The average molecular weight is 309 g/mol. The van der Waals surface area contributed by atoms with E-state index in [4.69, 9.17) is 16.3 Å². The molecule has 1 aromatic carbocycles. The summed E-state index contributed by atoms with van der Waals surface area (Å²) in [5.41, 5.74) is 1.06. The van der Waals surface area contributed by atoms with Crippen LogP contribution < -0.4 is 5.32 Å². The number of amides is 1. The van der Waals surface area contributed by atoms with Crippen molar-refractivity contribution in [1.29, 1.82) is 0 Å². The van der Waals surface area contributed by atoms with Gasteiger partial charge in [-0.15, -0.1) is 0 Å². The van der Waals surface area contributed by atoms with Gasteiger partial charge >= 0.3 is 0 Å². The van der Waals surface area contributed by atoms with Crippen LogP contribution in [0.15, 0.2) is 24.3 Å². The molecule has 1 aromatic rings. The molecule has 0 aromatic heterocycles. The Kier molecular flexibility index (Phi) is 4.78. The maximum absolute atomic E-state index is 12.1. The number of fused-ring (bicyclic) bond motifs is 1. The third-order valence-electron chi connectivity index (χ3n) is 4.35. The molecule has 1 amide bonds. The third-order valence-corrected chi connectivity index (χ3v) is 4.60. The third kappa shape index (κ3) is 3.76. The van der Waals surface area contributed by atoms with Crippen molar-refractivity contribution in [2.75, 3.05) is 19.7 Å². The fraction of sp³-hybridized carbons (Fsp3) is 0.562. The van der Waals surface area contributed by atoms with Gasteiger partial charge in [0.05, 0.1) is 19.3 Å². The number of hydrogen-bond acceptors (Lipinski definition) is 3. The lowest BCUT2D eigenvalue weighted by Gasteiger charge is -2.37. The van der Waals surface area contributed by atoms with Gasteiger partial charge in [0.15, 0.2) is 0 Å². The van der Waals surface area contributed by atoms with Crippen molar-refractivity contribution < 1.29 is 9.53 Å². The van der Waals surface area contributed by atoms with Crippen LogP contribution in [-0.4, -0.2) is 42.6 Å². The topological polar surface area (TPSA) is 41.6 Å². The standard InChI is InChI=1S/C16H21ClN2O2/c17-13-6-4-12(5-7-13)10-18-16(20)11-19-8-9-21-15-3-1-2-14(15)19/h4-7,14-15H,1-3,8-11H2,(H,18,20). The summed E-state index contributed by atoms with van der Waals surface area (Å²) in [6.07, 6.45) is 3.82. The summed E-state index contributed by atoms with van der Waals surface area (Å²) < 4.78 is 5.77. The fourth-order valence-corrected chi connectivity index (χ4v) is 3.37. The largest absolute Gasteiger partial charge is 0.375 e. The van der Waals surface area contributed by atoms with Gasteiger partial charge in [0.2, 0.25) is 5.91 Å². The van der Waals surface area contributed by atoms with Crippen molar-refractivity contribution in [3.05, 3.63) is 34.9 Å². The van der Waals surface area contributed by atoms with Gasteiger partial charge in [0, 0.05) is 24.2 Å². The molecular formula is C16H21ClN2O2. The molecule has 3 rings (SSSR count). The molecule has 1 saturated heterocycles. The zero-order valence-electron chi connectivity index (χ0n) is 12.1. The van der Waals surface area contributed by atoms with Gasteiger partial charge in [-0.2, -0.15) is 0 Å². The number of carbonyl (C=O) groups is 1. The first-order valence-electron chi connectivity index (χ1n) is 7.59. The number of nitrogens with zero attached hydrogens (tertiary/aromatic N) is 1. The van der Waals surface area contributed by atoms with E-state index in [2.05, 4.69) is 10.2 Å². The number of rotatable bonds is 4. The van der Waals surface area contributed by atoms with Crippen LogP contribution >= 0.6 is 11.6 Å². The SMILES string of the molecule is O=C(CN1CCOC2CCCC21)NCc1ccc(Cl)cc1. The maximum Gasteiger partial charge on any atom is 0.234 e. The molecule has 1 aliphatic carbocycles. The van der Waals surface area contributed by atoms with Crippen LogP contribution in [0.3, 0.4) is 0 Å². The first-order valence-corrected chi connectivity index (χ1v) is 7.97. The molecule has 1 saturated carbocycles. The molecule has 114 valence electrons. The van der Waals surface area contributed by atoms with Crippen molar-refractivity contribution in [2.45, 2.75) is 38.0 Å². The predicted molar refractivity (Wildman–Crippen MR) is 82.3 cm³/mol. The summed E-state index contributed by atoms with van der Waals surface area (Å²) in [6, 6.07) is 7.98. The van der Waals surface area contributed by atoms with Crippen LogP contribution in [-0.2, 0) is 16.1 Å². The van der Waals surface area contributed by atoms with Crippen LogP contribution in [0, 0.1) is 0 Å². The van der Waals surface area contributed by atoms with E-state index in [1.165, 1.54) is 6.42 Å². The zero-order chi connectivity index (χ0) is 14.7. The second-order valence-electron chi connectivity index (χ2n) is 5.78. The summed E-state index contributed by atoms with van der Waals surface area (Å²) >= 11 is 5.85. The minimum Gasteiger partial charge on any atom is -0.375 e. The summed E-state index contributed by atoms with van der Waals surface area (Å²) in [4.78, 5) is 14.4. The number of halogens is 1. The minimum atomic E-state index is 0.0810. The highest BCUT2D eigenvalue weighted by Gasteiger charge is 2.36. The van der Waals surface area contributed by atoms with Crippen molar-refractivity contribution in [2.24, 2.45) is 0 Å². The fourth-order valence-electron chi connectivity index (χ4n) is 3.25. The lowest BCUT2D eigenvalue weighted by Crippen LogP contribution is -2.51. The Balaban J connectivity index is 1.48. The molecular weight excluding hydrogens is 288 g/mol. The van der Waals surface area contributed by atoms with Crippen molar-refractivity contribution in [3.8, 4) is 0 Å². The minimum absolute atomic E-state index is 0.0810. The van der Waals surface area contributed by atoms with E-state index in [0.717, 1.165) is 31.6 Å². The van der Waals surface area contributed by atoms with E-state index in [1.54, 1.807) is 0 Å². The number of nitrogens with one attached hydrogen (secondary N) is 1. The van der Waals surface area contributed by atoms with Gasteiger partial charge in [-0.1, -0.05) is 23.7 Å². The maximum atomic E-state index is 12.1. The van der Waals surface area contributed by atoms with Crippen LogP contribution in [0.2, 0.25) is 5.02 Å². The molecule has 1 heterocycles. The lowest BCUT2D eigenvalue weighted by molar-refractivity contribution is -0.126. The Morgan fingerprint density at radius 3 is 2.95 bits per heavy atom. The van der Waals surface area contributed by atoms with Gasteiger partial charge < -0.3 is 10.1 Å². The number of ether oxygens (including phenoxy) is 1. The normalized spacial score (nSPS) is 25.6. The van der Waals surface area contributed by atoms with E-state index in [-0.39, 0.29) is 5.91 Å². The van der Waals surface area contributed by atoms with E-state index in [9.17, 15) is 4.79 Å². The molecule has 4 nitrogen and oxygen atoms in total. The molecule has 2 fully saturated rings. The molecule has 0 spiro atoms. The molecule has 2 atom stereocenters. The van der Waals surface area contributed by atoms with E-state index in [0.29, 0.717) is 30.3 Å². The van der Waals surface area contributed by atoms with Gasteiger partial charge in [-0.05, 0) is 37.0 Å². The summed E-state index contributed by atoms with van der Waals surface area (Å²) in [6.45, 7) is 2.62. The Labute approximate surface area is 130 Å². The molecule has 0 radical (unpaired) electrons. The molecule has 2 aliphatic rings.